The Kier molecular flexibility index (Phi) is 5.79. The van der Waals surface area contributed by atoms with Gasteiger partial charge in [0.1, 0.15) is 0 Å². The van der Waals surface area contributed by atoms with Crippen LogP contribution in [0.2, 0.25) is 10.0 Å². The molecule has 0 spiro atoms. The first kappa shape index (κ1) is 23.2. The smallest absolute Gasteiger partial charge is 0.231 e. The number of rotatable bonds is 4. The summed E-state index contributed by atoms with van der Waals surface area (Å²) in [4.78, 5) is 6.79. The second-order valence-electron chi connectivity index (χ2n) is 8.77. The molecule has 2 aliphatic rings. The number of aromatic nitrogens is 2. The van der Waals surface area contributed by atoms with E-state index in [2.05, 4.69) is 39.7 Å². The third-order valence-electron chi connectivity index (χ3n) is 6.69. The van der Waals surface area contributed by atoms with E-state index in [0.29, 0.717) is 20.9 Å². The molecule has 0 radical (unpaired) electrons. The second-order valence-corrected chi connectivity index (χ2v) is 9.94. The van der Waals surface area contributed by atoms with Gasteiger partial charge in [-0.1, -0.05) is 35.3 Å². The molecule has 6 rings (SSSR count). The van der Waals surface area contributed by atoms with E-state index < -0.39 is 0 Å². The number of halogens is 2. The minimum Gasteiger partial charge on any atom is -0.454 e. The molecule has 1 N–H and O–H groups in total. The Labute approximate surface area is 224 Å². The van der Waals surface area contributed by atoms with Gasteiger partial charge in [-0.05, 0) is 74.1 Å². The maximum atomic E-state index is 6.63. The lowest BCUT2D eigenvalue weighted by atomic mass is 9.96. The lowest BCUT2D eigenvalue weighted by Gasteiger charge is -2.28. The van der Waals surface area contributed by atoms with Gasteiger partial charge < -0.3 is 24.3 Å². The average Bonchev–Trinajstić information content (AvgIpc) is 3.56. The quantitative estimate of drug-likeness (QED) is 0.293. The summed E-state index contributed by atoms with van der Waals surface area (Å²) in [5.41, 5.74) is 5.83. The predicted octanol–water partition coefficient (Wildman–Crippen LogP) is 6.70. The van der Waals surface area contributed by atoms with E-state index in [1.807, 2.05) is 48.5 Å². The van der Waals surface area contributed by atoms with Crippen LogP contribution in [0.25, 0.3) is 5.69 Å². The summed E-state index contributed by atoms with van der Waals surface area (Å²) >= 11 is 18.9. The average molecular weight is 537 g/mol. The standard InChI is InChI=1S/C27H22Cl2N4O2S/c1-15-12-18(16(2)32(15)21-8-5-6-19(28)24(21)29)26-25(20-7-3-4-11-30-20)31-27(36)33(26)17-9-10-22-23(13-17)35-14-34-22/h3-13,25-26H,14H2,1-2H3,(H,31,36). The highest BCUT2D eigenvalue weighted by molar-refractivity contribution is 7.80. The summed E-state index contributed by atoms with van der Waals surface area (Å²) < 4.78 is 13.3. The zero-order chi connectivity index (χ0) is 25.0. The Balaban J connectivity index is 1.53. The van der Waals surface area contributed by atoms with E-state index in [-0.39, 0.29) is 18.9 Å². The molecule has 0 saturated carbocycles. The van der Waals surface area contributed by atoms with Crippen LogP contribution in [0.15, 0.2) is 66.9 Å². The number of fused-ring (bicyclic) bond motifs is 1. The number of ether oxygens (including phenoxy) is 2. The molecule has 4 heterocycles. The van der Waals surface area contributed by atoms with Crippen molar-refractivity contribution < 1.29 is 9.47 Å². The van der Waals surface area contributed by atoms with Crippen LogP contribution in [0, 0.1) is 13.8 Å². The van der Waals surface area contributed by atoms with Crippen molar-refractivity contribution >= 4 is 46.2 Å². The molecule has 2 aliphatic heterocycles. The van der Waals surface area contributed by atoms with Crippen molar-refractivity contribution in [3.8, 4) is 17.2 Å². The van der Waals surface area contributed by atoms with Crippen LogP contribution in [0.1, 0.15) is 34.7 Å². The molecule has 1 saturated heterocycles. The maximum Gasteiger partial charge on any atom is 0.231 e. The number of thiocarbonyl (C=S) groups is 1. The Morgan fingerprint density at radius 1 is 1.00 bits per heavy atom. The third kappa shape index (κ3) is 3.70. The Hall–Kier alpha value is -3.26. The topological polar surface area (TPSA) is 51.6 Å². The second kappa shape index (κ2) is 9.00. The van der Waals surface area contributed by atoms with Crippen LogP contribution in [0.5, 0.6) is 11.5 Å². The van der Waals surface area contributed by atoms with Gasteiger partial charge in [0, 0.05) is 29.3 Å². The Morgan fingerprint density at radius 2 is 1.83 bits per heavy atom. The van der Waals surface area contributed by atoms with Gasteiger partial charge in [0.05, 0.1) is 33.5 Å². The molecule has 0 aliphatic carbocycles. The molecule has 1 fully saturated rings. The maximum absolute atomic E-state index is 6.63. The minimum atomic E-state index is -0.175. The Morgan fingerprint density at radius 3 is 2.64 bits per heavy atom. The van der Waals surface area contributed by atoms with Gasteiger partial charge in [0.2, 0.25) is 6.79 Å². The fourth-order valence-electron chi connectivity index (χ4n) is 5.11. The van der Waals surface area contributed by atoms with Gasteiger partial charge in [-0.25, -0.2) is 0 Å². The van der Waals surface area contributed by atoms with Crippen LogP contribution in [0.4, 0.5) is 5.69 Å². The molecular weight excluding hydrogens is 515 g/mol. The van der Waals surface area contributed by atoms with E-state index in [1.165, 1.54) is 0 Å². The zero-order valence-electron chi connectivity index (χ0n) is 19.5. The number of hydrogen-bond acceptors (Lipinski definition) is 4. The van der Waals surface area contributed by atoms with Crippen LogP contribution >= 0.6 is 35.4 Å². The molecule has 2 atom stereocenters. The first-order valence-electron chi connectivity index (χ1n) is 11.5. The van der Waals surface area contributed by atoms with Crippen molar-refractivity contribution in [3.05, 3.63) is 99.6 Å². The summed E-state index contributed by atoms with van der Waals surface area (Å²) in [5, 5.41) is 5.16. The fourth-order valence-corrected chi connectivity index (χ4v) is 5.83. The highest BCUT2D eigenvalue weighted by Gasteiger charge is 2.42. The van der Waals surface area contributed by atoms with Crippen LogP contribution < -0.4 is 19.7 Å². The van der Waals surface area contributed by atoms with E-state index in [4.69, 9.17) is 44.9 Å². The molecule has 0 bridgehead atoms. The van der Waals surface area contributed by atoms with Crippen molar-refractivity contribution in [3.63, 3.8) is 0 Å². The molecule has 182 valence electrons. The number of aryl methyl sites for hydroxylation is 1. The van der Waals surface area contributed by atoms with Crippen LogP contribution in [-0.4, -0.2) is 21.5 Å². The van der Waals surface area contributed by atoms with Gasteiger partial charge in [-0.15, -0.1) is 0 Å². The number of pyridine rings is 1. The minimum absolute atomic E-state index is 0.173. The van der Waals surface area contributed by atoms with Crippen molar-refractivity contribution in [2.45, 2.75) is 25.9 Å². The largest absolute Gasteiger partial charge is 0.454 e. The van der Waals surface area contributed by atoms with E-state index in [9.17, 15) is 0 Å². The summed E-state index contributed by atoms with van der Waals surface area (Å²) in [7, 11) is 0. The van der Waals surface area contributed by atoms with E-state index >= 15 is 0 Å². The zero-order valence-corrected chi connectivity index (χ0v) is 21.9. The van der Waals surface area contributed by atoms with E-state index in [0.717, 1.165) is 39.8 Å². The van der Waals surface area contributed by atoms with Gasteiger partial charge >= 0.3 is 0 Å². The molecule has 6 nitrogen and oxygen atoms in total. The van der Waals surface area contributed by atoms with Gasteiger partial charge in [0.15, 0.2) is 16.6 Å². The lowest BCUT2D eigenvalue weighted by molar-refractivity contribution is 0.174. The highest BCUT2D eigenvalue weighted by Crippen LogP contribution is 2.46. The predicted molar refractivity (Wildman–Crippen MR) is 146 cm³/mol. The number of hydrogen-bond donors (Lipinski definition) is 1. The molecule has 2 aromatic carbocycles. The number of anilines is 1. The molecule has 9 heteroatoms. The molecule has 2 aromatic heterocycles. The summed E-state index contributed by atoms with van der Waals surface area (Å²) in [6.07, 6.45) is 1.80. The van der Waals surface area contributed by atoms with Crippen LogP contribution in [-0.2, 0) is 0 Å². The monoisotopic (exact) mass is 536 g/mol. The fraction of sp³-hybridized carbons (Fsp3) is 0.185. The highest BCUT2D eigenvalue weighted by atomic mass is 35.5. The normalized spacial score (nSPS) is 18.6. The van der Waals surface area contributed by atoms with Crippen molar-refractivity contribution in [2.24, 2.45) is 0 Å². The molecule has 4 aromatic rings. The molecule has 36 heavy (non-hydrogen) atoms. The summed E-state index contributed by atoms with van der Waals surface area (Å²) in [6, 6.07) is 19.3. The van der Waals surface area contributed by atoms with Crippen LogP contribution in [0.3, 0.4) is 0 Å². The van der Waals surface area contributed by atoms with Gasteiger partial charge in [0.25, 0.3) is 0 Å². The van der Waals surface area contributed by atoms with Gasteiger partial charge in [-0.2, -0.15) is 0 Å². The SMILES string of the molecule is Cc1cc(C2C(c3ccccn3)NC(=S)N2c2ccc3c(c2)OCO3)c(C)n1-c1cccc(Cl)c1Cl. The molecule has 0 amide bonds. The summed E-state index contributed by atoms with van der Waals surface area (Å²) in [6.45, 7) is 4.37. The molecule has 2 unspecified atom stereocenters. The first-order chi connectivity index (χ1) is 17.4. The van der Waals surface area contributed by atoms with Gasteiger partial charge in [-0.3, -0.25) is 4.98 Å². The van der Waals surface area contributed by atoms with Crippen molar-refractivity contribution in [1.29, 1.82) is 0 Å². The number of benzene rings is 2. The van der Waals surface area contributed by atoms with Crippen molar-refractivity contribution in [2.75, 3.05) is 11.7 Å². The number of nitrogens with zero attached hydrogens (tertiary/aromatic N) is 3. The number of nitrogens with one attached hydrogen (secondary N) is 1. The molecular formula is C27H22Cl2N4O2S. The lowest BCUT2D eigenvalue weighted by Crippen LogP contribution is -2.29. The third-order valence-corrected chi connectivity index (χ3v) is 7.82. The first-order valence-corrected chi connectivity index (χ1v) is 12.6. The summed E-state index contributed by atoms with van der Waals surface area (Å²) in [5.74, 6) is 1.43. The Bertz CT molecular complexity index is 1490. The van der Waals surface area contributed by atoms with Crippen molar-refractivity contribution in [1.82, 2.24) is 14.9 Å². The van der Waals surface area contributed by atoms with E-state index in [1.54, 1.807) is 12.3 Å².